The normalized spacial score (nSPS) is 27.0. The summed E-state index contributed by atoms with van der Waals surface area (Å²) in [6.45, 7) is 2.26. The fourth-order valence-electron chi connectivity index (χ4n) is 3.58. The summed E-state index contributed by atoms with van der Waals surface area (Å²) in [5.41, 5.74) is 17.6. The largest absolute Gasteiger partial charge is 0.487 e. The minimum Gasteiger partial charge on any atom is -0.487 e. The van der Waals surface area contributed by atoms with Crippen LogP contribution in [0.1, 0.15) is 0 Å². The van der Waals surface area contributed by atoms with Crippen LogP contribution in [0, 0.1) is 0 Å². The molecule has 0 bridgehead atoms. The average Bonchev–Trinajstić information content (AvgIpc) is 3.04. The van der Waals surface area contributed by atoms with Gasteiger partial charge in [0.1, 0.15) is 32.2 Å². The van der Waals surface area contributed by atoms with E-state index in [1.165, 1.54) is 0 Å². The first-order chi connectivity index (χ1) is 17.3. The monoisotopic (exact) mass is 494 g/mol. The topological polar surface area (TPSA) is 171 Å². The molecule has 0 N–H and O–H groups in total. The van der Waals surface area contributed by atoms with Crippen molar-refractivity contribution in [2.45, 2.75) is 24.4 Å². The molecule has 1 aromatic carbocycles. The van der Waals surface area contributed by atoms with Gasteiger partial charge in [0.25, 0.3) is 0 Å². The standard InChI is InChI=1S/C21H30N6O8/c22-26-24-13-18-20-21(19(14-25-27-23)35-15-34-18)33-12-8-29-6-10-31-17-4-2-1-3-16(17)30-9-5-28-7-11-32-20/h1-4,18-21H,5-15H2/t18-,19-,20-,21-/m1/s1. The van der Waals surface area contributed by atoms with Gasteiger partial charge in [-0.3, -0.25) is 0 Å². The molecule has 2 aliphatic heterocycles. The molecular formula is C21H30N6O8. The van der Waals surface area contributed by atoms with E-state index in [1.54, 1.807) is 0 Å². The number of benzene rings is 1. The molecule has 0 aromatic heterocycles. The van der Waals surface area contributed by atoms with Crippen LogP contribution >= 0.6 is 0 Å². The second-order valence-electron chi connectivity index (χ2n) is 7.39. The van der Waals surface area contributed by atoms with Crippen LogP contribution in [0.5, 0.6) is 11.5 Å². The van der Waals surface area contributed by atoms with Crippen LogP contribution in [0.4, 0.5) is 0 Å². The van der Waals surface area contributed by atoms with E-state index in [9.17, 15) is 0 Å². The molecule has 0 unspecified atom stereocenters. The predicted octanol–water partition coefficient (Wildman–Crippen LogP) is 2.62. The zero-order chi connectivity index (χ0) is 24.6. The van der Waals surface area contributed by atoms with Crippen LogP contribution in [-0.4, -0.2) is 97.2 Å². The summed E-state index contributed by atoms with van der Waals surface area (Å²) in [4.78, 5) is 5.63. The Morgan fingerprint density at radius 3 is 1.57 bits per heavy atom. The first kappa shape index (κ1) is 26.8. The summed E-state index contributed by atoms with van der Waals surface area (Å²) in [7, 11) is 0. The third kappa shape index (κ3) is 9.06. The van der Waals surface area contributed by atoms with Crippen molar-refractivity contribution in [1.29, 1.82) is 0 Å². The van der Waals surface area contributed by atoms with Crippen molar-refractivity contribution < 1.29 is 37.9 Å². The maximum absolute atomic E-state index is 8.78. The molecule has 35 heavy (non-hydrogen) atoms. The third-order valence-electron chi connectivity index (χ3n) is 5.17. The first-order valence-corrected chi connectivity index (χ1v) is 11.3. The summed E-state index contributed by atoms with van der Waals surface area (Å²) < 4.78 is 46.4. The average molecular weight is 495 g/mol. The number of hydrogen-bond acceptors (Lipinski definition) is 10. The summed E-state index contributed by atoms with van der Waals surface area (Å²) in [6, 6.07) is 7.40. The molecule has 2 heterocycles. The second kappa shape index (κ2) is 16.0. The van der Waals surface area contributed by atoms with Gasteiger partial charge >= 0.3 is 0 Å². The van der Waals surface area contributed by atoms with Gasteiger partial charge in [-0.05, 0) is 23.2 Å². The Morgan fingerprint density at radius 1 is 0.657 bits per heavy atom. The van der Waals surface area contributed by atoms with Gasteiger partial charge in [-0.1, -0.05) is 22.4 Å². The van der Waals surface area contributed by atoms with Crippen LogP contribution in [0.2, 0.25) is 0 Å². The Labute approximate surface area is 202 Å². The van der Waals surface area contributed by atoms with Crippen molar-refractivity contribution in [3.63, 3.8) is 0 Å². The van der Waals surface area contributed by atoms with Gasteiger partial charge in [0.15, 0.2) is 11.5 Å². The molecule has 1 fully saturated rings. The minimum atomic E-state index is -0.671. The number of fused-ring (bicyclic) bond motifs is 2. The molecule has 4 atom stereocenters. The van der Waals surface area contributed by atoms with Crippen LogP contribution in [-0.2, 0) is 28.4 Å². The predicted molar refractivity (Wildman–Crippen MR) is 121 cm³/mol. The van der Waals surface area contributed by atoms with Gasteiger partial charge in [-0.2, -0.15) is 0 Å². The number of rotatable bonds is 4. The number of azide groups is 2. The van der Waals surface area contributed by atoms with Gasteiger partial charge < -0.3 is 37.9 Å². The molecular weight excluding hydrogens is 464 g/mol. The lowest BCUT2D eigenvalue weighted by Gasteiger charge is -2.32. The maximum Gasteiger partial charge on any atom is 0.161 e. The summed E-state index contributed by atoms with van der Waals surface area (Å²) >= 11 is 0. The third-order valence-corrected chi connectivity index (χ3v) is 5.17. The molecule has 1 aromatic rings. The SMILES string of the molecule is [N-]=[N+]=NC[C@H]1OCO[C@H](CN=[N+]=[N-])[C@H]2OCCOCCOc3ccccc3OCCOCCO[C@@H]21. The number of hydrogen-bond donors (Lipinski definition) is 0. The number of para-hydroxylation sites is 2. The Bertz CT molecular complexity index is 784. The van der Waals surface area contributed by atoms with E-state index in [4.69, 9.17) is 49.0 Å². The molecule has 192 valence electrons. The van der Waals surface area contributed by atoms with Gasteiger partial charge in [0.05, 0.1) is 64.9 Å². The van der Waals surface area contributed by atoms with Crippen LogP contribution in [0.15, 0.2) is 34.5 Å². The fourth-order valence-corrected chi connectivity index (χ4v) is 3.58. The Hall–Kier alpha value is -2.80. The van der Waals surface area contributed by atoms with E-state index in [-0.39, 0.29) is 46.3 Å². The zero-order valence-electron chi connectivity index (χ0n) is 19.3. The zero-order valence-corrected chi connectivity index (χ0v) is 19.3. The summed E-state index contributed by atoms with van der Waals surface area (Å²) in [5.74, 6) is 1.25. The Morgan fingerprint density at radius 2 is 1.11 bits per heavy atom. The minimum absolute atomic E-state index is 0.0145. The Balaban J connectivity index is 1.69. The number of nitrogens with zero attached hydrogens (tertiary/aromatic N) is 6. The van der Waals surface area contributed by atoms with Crippen molar-refractivity contribution in [3.8, 4) is 11.5 Å². The second-order valence-corrected chi connectivity index (χ2v) is 7.39. The molecule has 2 aliphatic rings. The van der Waals surface area contributed by atoms with Gasteiger partial charge in [0, 0.05) is 9.82 Å². The smallest absolute Gasteiger partial charge is 0.161 e. The highest BCUT2D eigenvalue weighted by molar-refractivity contribution is 5.39. The molecule has 0 spiro atoms. The van der Waals surface area contributed by atoms with Crippen molar-refractivity contribution in [2.75, 3.05) is 72.7 Å². The molecule has 14 nitrogen and oxygen atoms in total. The molecule has 0 radical (unpaired) electrons. The quantitative estimate of drug-likeness (QED) is 0.349. The van der Waals surface area contributed by atoms with E-state index in [2.05, 4.69) is 20.1 Å². The summed E-state index contributed by atoms with van der Waals surface area (Å²) in [5, 5.41) is 7.26. The van der Waals surface area contributed by atoms with Crippen LogP contribution in [0.3, 0.4) is 0 Å². The molecule has 0 saturated carbocycles. The molecule has 14 heteroatoms. The number of ether oxygens (including phenoxy) is 8. The van der Waals surface area contributed by atoms with Crippen molar-refractivity contribution in [1.82, 2.24) is 0 Å². The highest BCUT2D eigenvalue weighted by Crippen LogP contribution is 2.26. The van der Waals surface area contributed by atoms with Crippen LogP contribution in [0.25, 0.3) is 20.9 Å². The van der Waals surface area contributed by atoms with E-state index in [0.29, 0.717) is 37.9 Å². The fraction of sp³-hybridized carbons (Fsp3) is 0.714. The van der Waals surface area contributed by atoms with Gasteiger partial charge in [-0.25, -0.2) is 0 Å². The van der Waals surface area contributed by atoms with Gasteiger partial charge in [-0.15, -0.1) is 0 Å². The molecule has 1 saturated heterocycles. The van der Waals surface area contributed by atoms with E-state index in [1.807, 2.05) is 24.3 Å². The van der Waals surface area contributed by atoms with Crippen molar-refractivity contribution >= 4 is 0 Å². The van der Waals surface area contributed by atoms with Gasteiger partial charge in [0.2, 0.25) is 0 Å². The molecule has 3 rings (SSSR count). The van der Waals surface area contributed by atoms with Crippen molar-refractivity contribution in [2.24, 2.45) is 10.2 Å². The first-order valence-electron chi connectivity index (χ1n) is 11.3. The van der Waals surface area contributed by atoms with E-state index >= 15 is 0 Å². The lowest BCUT2D eigenvalue weighted by atomic mass is 10.0. The van der Waals surface area contributed by atoms with Crippen molar-refractivity contribution in [3.05, 3.63) is 45.2 Å². The lowest BCUT2D eigenvalue weighted by molar-refractivity contribution is -0.140. The van der Waals surface area contributed by atoms with E-state index in [0.717, 1.165) is 0 Å². The lowest BCUT2D eigenvalue weighted by Crippen LogP contribution is -2.49. The molecule has 0 amide bonds. The highest BCUT2D eigenvalue weighted by atomic mass is 16.7. The maximum atomic E-state index is 8.78. The van der Waals surface area contributed by atoms with E-state index < -0.39 is 24.4 Å². The summed E-state index contributed by atoms with van der Waals surface area (Å²) in [6.07, 6.45) is -2.61. The highest BCUT2D eigenvalue weighted by Gasteiger charge is 2.40. The van der Waals surface area contributed by atoms with Crippen LogP contribution < -0.4 is 9.47 Å². The Kier molecular flexibility index (Phi) is 12.2. The molecule has 0 aliphatic carbocycles.